The summed E-state index contributed by atoms with van der Waals surface area (Å²) in [6.45, 7) is 3.28. The van der Waals surface area contributed by atoms with E-state index in [2.05, 4.69) is 11.4 Å². The maximum Gasteiger partial charge on any atom is 0.162 e. The summed E-state index contributed by atoms with van der Waals surface area (Å²) in [6, 6.07) is 15.6. The Bertz CT molecular complexity index is 782. The molecule has 3 N–H and O–H groups in total. The molecule has 0 saturated heterocycles. The predicted molar refractivity (Wildman–Crippen MR) is 97.8 cm³/mol. The number of phenolic OH excluding ortho intramolecular Hbond substituents is 1. The van der Waals surface area contributed by atoms with Crippen LogP contribution in [0.2, 0.25) is 0 Å². The molecule has 0 radical (unpaired) electrons. The molecule has 0 amide bonds. The molecule has 5 heteroatoms. The Balaban J connectivity index is 1.60. The van der Waals surface area contributed by atoms with Crippen molar-refractivity contribution >= 4 is 21.4 Å². The van der Waals surface area contributed by atoms with Crippen molar-refractivity contribution in [3.63, 3.8) is 0 Å². The van der Waals surface area contributed by atoms with Crippen LogP contribution in [0.1, 0.15) is 23.5 Å². The minimum absolute atomic E-state index is 0.156. The van der Waals surface area contributed by atoms with Gasteiger partial charge in [0.2, 0.25) is 0 Å². The molecule has 24 heavy (non-hydrogen) atoms. The van der Waals surface area contributed by atoms with E-state index in [0.29, 0.717) is 25.4 Å². The van der Waals surface area contributed by atoms with Crippen LogP contribution in [0, 0.1) is 0 Å². The van der Waals surface area contributed by atoms with Crippen LogP contribution in [0.5, 0.6) is 11.5 Å². The maximum absolute atomic E-state index is 10.4. The zero-order chi connectivity index (χ0) is 16.9. The van der Waals surface area contributed by atoms with E-state index in [1.165, 1.54) is 4.70 Å². The molecule has 4 nitrogen and oxygen atoms in total. The summed E-state index contributed by atoms with van der Waals surface area (Å²) in [5.41, 5.74) is 0.754. The Morgan fingerprint density at radius 1 is 1.17 bits per heavy atom. The molecule has 1 atom stereocenters. The van der Waals surface area contributed by atoms with Gasteiger partial charge in [0, 0.05) is 28.2 Å². The highest BCUT2D eigenvalue weighted by molar-refractivity contribution is 7.19. The molecule has 1 heterocycles. The third-order valence-electron chi connectivity index (χ3n) is 3.81. The van der Waals surface area contributed by atoms with E-state index in [4.69, 9.17) is 4.74 Å². The zero-order valence-electron chi connectivity index (χ0n) is 13.5. The number of aromatic hydroxyl groups is 1. The molecule has 0 saturated carbocycles. The van der Waals surface area contributed by atoms with Crippen LogP contribution in [-0.4, -0.2) is 23.4 Å². The third kappa shape index (κ3) is 3.70. The van der Waals surface area contributed by atoms with Crippen molar-refractivity contribution in [3.05, 3.63) is 59.0 Å². The van der Waals surface area contributed by atoms with Gasteiger partial charge in [-0.05, 0) is 30.5 Å². The van der Waals surface area contributed by atoms with Crippen LogP contribution < -0.4 is 10.1 Å². The Hall–Kier alpha value is -2.08. The van der Waals surface area contributed by atoms with E-state index in [0.717, 1.165) is 15.8 Å². The number of thiophene rings is 1. The second kappa shape index (κ2) is 7.66. The Morgan fingerprint density at radius 3 is 2.79 bits per heavy atom. The standard InChI is InChI=1S/C19H21NO3S/c1-2-23-16-8-5-7-14(19(16)22)11-20-12-15(21)18-10-13-6-3-4-9-17(13)24-18/h3-10,15,20-22H,2,11-12H2,1H3. The van der Waals surface area contributed by atoms with Crippen molar-refractivity contribution < 1.29 is 14.9 Å². The molecule has 3 aromatic rings. The lowest BCUT2D eigenvalue weighted by Crippen LogP contribution is -2.20. The molecule has 0 aliphatic carbocycles. The molecule has 126 valence electrons. The van der Waals surface area contributed by atoms with Gasteiger partial charge < -0.3 is 20.3 Å². The molecule has 0 spiro atoms. The number of nitrogens with one attached hydrogen (secondary N) is 1. The number of phenols is 1. The van der Waals surface area contributed by atoms with Crippen molar-refractivity contribution in [2.45, 2.75) is 19.6 Å². The van der Waals surface area contributed by atoms with E-state index in [1.807, 2.05) is 43.3 Å². The topological polar surface area (TPSA) is 61.7 Å². The van der Waals surface area contributed by atoms with Crippen LogP contribution in [0.25, 0.3) is 10.1 Å². The number of hydrogen-bond acceptors (Lipinski definition) is 5. The first-order valence-corrected chi connectivity index (χ1v) is 8.81. The summed E-state index contributed by atoms with van der Waals surface area (Å²) in [5.74, 6) is 0.644. The van der Waals surface area contributed by atoms with Gasteiger partial charge in [-0.1, -0.05) is 30.3 Å². The smallest absolute Gasteiger partial charge is 0.162 e. The first kappa shape index (κ1) is 16.8. The molecular weight excluding hydrogens is 322 g/mol. The predicted octanol–water partition coefficient (Wildman–Crippen LogP) is 3.83. The van der Waals surface area contributed by atoms with E-state index in [-0.39, 0.29) is 5.75 Å². The Labute approximate surface area is 145 Å². The van der Waals surface area contributed by atoms with Crippen molar-refractivity contribution in [1.29, 1.82) is 0 Å². The van der Waals surface area contributed by atoms with E-state index in [9.17, 15) is 10.2 Å². The molecule has 3 rings (SSSR count). The minimum atomic E-state index is -0.570. The molecule has 0 bridgehead atoms. The normalized spacial score (nSPS) is 12.4. The van der Waals surface area contributed by atoms with Crippen molar-refractivity contribution in [2.75, 3.05) is 13.2 Å². The Kier molecular flexibility index (Phi) is 5.35. The summed E-state index contributed by atoms with van der Waals surface area (Å²) in [4.78, 5) is 0.941. The zero-order valence-corrected chi connectivity index (χ0v) is 14.3. The highest BCUT2D eigenvalue weighted by Crippen LogP contribution is 2.31. The SMILES string of the molecule is CCOc1cccc(CNCC(O)c2cc3ccccc3s2)c1O. The van der Waals surface area contributed by atoms with Gasteiger partial charge in [-0.15, -0.1) is 11.3 Å². The van der Waals surface area contributed by atoms with E-state index < -0.39 is 6.10 Å². The van der Waals surface area contributed by atoms with Crippen LogP contribution >= 0.6 is 11.3 Å². The van der Waals surface area contributed by atoms with Crippen molar-refractivity contribution in [3.8, 4) is 11.5 Å². The highest BCUT2D eigenvalue weighted by Gasteiger charge is 2.12. The molecular formula is C19H21NO3S. The monoisotopic (exact) mass is 343 g/mol. The number of fused-ring (bicyclic) bond motifs is 1. The van der Waals surface area contributed by atoms with Gasteiger partial charge in [0.25, 0.3) is 0 Å². The molecule has 0 aliphatic rings. The van der Waals surface area contributed by atoms with Gasteiger partial charge in [-0.3, -0.25) is 0 Å². The number of hydrogen-bond donors (Lipinski definition) is 3. The number of benzene rings is 2. The van der Waals surface area contributed by atoms with Crippen LogP contribution in [-0.2, 0) is 6.54 Å². The second-order valence-electron chi connectivity index (χ2n) is 5.53. The fourth-order valence-corrected chi connectivity index (χ4v) is 3.64. The van der Waals surface area contributed by atoms with E-state index >= 15 is 0 Å². The fraction of sp³-hybridized carbons (Fsp3) is 0.263. The summed E-state index contributed by atoms with van der Waals surface area (Å²) in [6.07, 6.45) is -0.570. The van der Waals surface area contributed by atoms with Gasteiger partial charge >= 0.3 is 0 Å². The van der Waals surface area contributed by atoms with Gasteiger partial charge in [0.15, 0.2) is 11.5 Å². The van der Waals surface area contributed by atoms with Crippen LogP contribution in [0.3, 0.4) is 0 Å². The van der Waals surface area contributed by atoms with Gasteiger partial charge in [0.05, 0.1) is 6.61 Å². The molecule has 1 unspecified atom stereocenters. The Morgan fingerprint density at radius 2 is 2.00 bits per heavy atom. The van der Waals surface area contributed by atoms with Gasteiger partial charge in [-0.25, -0.2) is 0 Å². The highest BCUT2D eigenvalue weighted by atomic mass is 32.1. The van der Waals surface area contributed by atoms with Gasteiger partial charge in [0.1, 0.15) is 6.10 Å². The van der Waals surface area contributed by atoms with Crippen LogP contribution in [0.4, 0.5) is 0 Å². The lowest BCUT2D eigenvalue weighted by molar-refractivity contribution is 0.178. The quantitative estimate of drug-likeness (QED) is 0.610. The van der Waals surface area contributed by atoms with E-state index in [1.54, 1.807) is 17.4 Å². The van der Waals surface area contributed by atoms with Crippen molar-refractivity contribution in [2.24, 2.45) is 0 Å². The van der Waals surface area contributed by atoms with Crippen molar-refractivity contribution in [1.82, 2.24) is 5.32 Å². The largest absolute Gasteiger partial charge is 0.504 e. The summed E-state index contributed by atoms with van der Waals surface area (Å²) in [5, 5.41) is 24.9. The van der Waals surface area contributed by atoms with Gasteiger partial charge in [-0.2, -0.15) is 0 Å². The van der Waals surface area contributed by atoms with Crippen LogP contribution in [0.15, 0.2) is 48.5 Å². The molecule has 1 aromatic heterocycles. The number of aliphatic hydroxyl groups is 1. The summed E-state index contributed by atoms with van der Waals surface area (Å²) >= 11 is 1.60. The number of para-hydroxylation sites is 1. The average Bonchev–Trinajstić information content (AvgIpc) is 3.02. The summed E-state index contributed by atoms with van der Waals surface area (Å²) in [7, 11) is 0. The maximum atomic E-state index is 10.4. The lowest BCUT2D eigenvalue weighted by Gasteiger charge is -2.13. The first-order chi connectivity index (χ1) is 11.7. The molecule has 0 aliphatic heterocycles. The number of ether oxygens (including phenoxy) is 1. The number of rotatable bonds is 7. The average molecular weight is 343 g/mol. The number of aliphatic hydroxyl groups excluding tert-OH is 1. The molecule has 2 aromatic carbocycles. The summed E-state index contributed by atoms with van der Waals surface area (Å²) < 4.78 is 6.56. The molecule has 0 fully saturated rings. The lowest BCUT2D eigenvalue weighted by atomic mass is 10.1. The second-order valence-corrected chi connectivity index (χ2v) is 6.65. The minimum Gasteiger partial charge on any atom is -0.504 e. The first-order valence-electron chi connectivity index (χ1n) is 8.00. The fourth-order valence-electron chi connectivity index (χ4n) is 2.59. The third-order valence-corrected chi connectivity index (χ3v) is 5.03.